The van der Waals surface area contributed by atoms with Gasteiger partial charge in [0.2, 0.25) is 0 Å². The van der Waals surface area contributed by atoms with E-state index in [-0.39, 0.29) is 5.91 Å². The molecule has 94 valence electrons. The number of carbonyl (C=O) groups excluding carboxylic acids is 1. The number of hydrogen-bond donors (Lipinski definition) is 1. The van der Waals surface area contributed by atoms with Gasteiger partial charge in [-0.25, -0.2) is 9.97 Å². The molecule has 1 heterocycles. The van der Waals surface area contributed by atoms with E-state index in [1.54, 1.807) is 24.3 Å². The first-order valence-corrected chi connectivity index (χ1v) is 5.75. The Morgan fingerprint density at radius 1 is 1.37 bits per heavy atom. The Morgan fingerprint density at radius 3 is 2.95 bits per heavy atom. The van der Waals surface area contributed by atoms with Crippen LogP contribution in [0.25, 0.3) is 0 Å². The monoisotopic (exact) mass is 252 g/mol. The van der Waals surface area contributed by atoms with Crippen molar-refractivity contribution >= 4 is 5.91 Å². The molecule has 0 aliphatic rings. The fraction of sp³-hybridized carbons (Fsp3) is 0.143. The highest BCUT2D eigenvalue weighted by atomic mass is 16.1. The maximum atomic E-state index is 11.9. The summed E-state index contributed by atoms with van der Waals surface area (Å²) in [6.07, 6.45) is 1.47. The first kappa shape index (κ1) is 12.7. The van der Waals surface area contributed by atoms with Crippen molar-refractivity contribution in [3.05, 3.63) is 59.2 Å². The molecule has 1 N–H and O–H groups in total. The van der Waals surface area contributed by atoms with Crippen LogP contribution in [0.4, 0.5) is 0 Å². The van der Waals surface area contributed by atoms with Gasteiger partial charge >= 0.3 is 0 Å². The predicted octanol–water partition coefficient (Wildman–Crippen LogP) is 1.59. The van der Waals surface area contributed by atoms with Crippen LogP contribution in [0.5, 0.6) is 0 Å². The van der Waals surface area contributed by atoms with E-state index in [1.165, 1.54) is 6.33 Å². The summed E-state index contributed by atoms with van der Waals surface area (Å²) in [7, 11) is 0. The molecule has 0 aliphatic carbocycles. The lowest BCUT2D eigenvalue weighted by Gasteiger charge is -2.05. The topological polar surface area (TPSA) is 78.7 Å². The molecule has 0 bridgehead atoms. The van der Waals surface area contributed by atoms with Gasteiger partial charge in [0.05, 0.1) is 23.9 Å². The van der Waals surface area contributed by atoms with Gasteiger partial charge in [-0.05, 0) is 31.2 Å². The van der Waals surface area contributed by atoms with Crippen molar-refractivity contribution in [2.75, 3.05) is 0 Å². The van der Waals surface area contributed by atoms with Gasteiger partial charge in [-0.3, -0.25) is 4.79 Å². The molecule has 0 saturated carbocycles. The largest absolute Gasteiger partial charge is 0.346 e. The minimum Gasteiger partial charge on any atom is -0.346 e. The van der Waals surface area contributed by atoms with Crippen molar-refractivity contribution in [1.29, 1.82) is 5.26 Å². The van der Waals surface area contributed by atoms with Crippen LogP contribution in [0.15, 0.2) is 36.7 Å². The fourth-order valence-corrected chi connectivity index (χ4v) is 1.61. The minimum absolute atomic E-state index is 0.228. The first-order chi connectivity index (χ1) is 9.19. The number of nitrogens with one attached hydrogen (secondary N) is 1. The molecule has 0 unspecified atom stereocenters. The molecule has 1 aromatic heterocycles. The van der Waals surface area contributed by atoms with Crippen molar-refractivity contribution < 1.29 is 4.79 Å². The summed E-state index contributed by atoms with van der Waals surface area (Å²) in [4.78, 5) is 20.0. The van der Waals surface area contributed by atoms with E-state index in [9.17, 15) is 4.79 Å². The van der Waals surface area contributed by atoms with Crippen LogP contribution in [0, 0.1) is 18.3 Å². The predicted molar refractivity (Wildman–Crippen MR) is 69.1 cm³/mol. The summed E-state index contributed by atoms with van der Waals surface area (Å²) in [5.41, 5.74) is 2.53. The number of carbonyl (C=O) groups is 1. The van der Waals surface area contributed by atoms with Crippen molar-refractivity contribution in [2.24, 2.45) is 0 Å². The third-order valence-corrected chi connectivity index (χ3v) is 2.54. The van der Waals surface area contributed by atoms with Gasteiger partial charge < -0.3 is 5.32 Å². The number of benzene rings is 1. The summed E-state index contributed by atoms with van der Waals surface area (Å²) in [6, 6.07) is 10.4. The quantitative estimate of drug-likeness (QED) is 0.899. The highest BCUT2D eigenvalue weighted by molar-refractivity contribution is 5.94. The Hall–Kier alpha value is -2.74. The molecule has 0 aliphatic heterocycles. The Labute approximate surface area is 110 Å². The summed E-state index contributed by atoms with van der Waals surface area (Å²) in [5, 5.41) is 11.5. The highest BCUT2D eigenvalue weighted by Gasteiger charge is 2.06. The number of hydrogen-bond acceptors (Lipinski definition) is 4. The number of nitriles is 1. The number of amides is 1. The Kier molecular flexibility index (Phi) is 3.84. The van der Waals surface area contributed by atoms with Crippen molar-refractivity contribution in [3.8, 4) is 6.07 Å². The SMILES string of the molecule is Cc1cc(CNC(=O)c2cccc(C#N)c2)ncn1. The van der Waals surface area contributed by atoms with Crippen molar-refractivity contribution in [3.63, 3.8) is 0 Å². The van der Waals surface area contributed by atoms with Gasteiger partial charge in [0, 0.05) is 11.3 Å². The molecule has 0 saturated heterocycles. The average Bonchev–Trinajstić information content (AvgIpc) is 2.45. The zero-order valence-electron chi connectivity index (χ0n) is 10.4. The van der Waals surface area contributed by atoms with Crippen molar-refractivity contribution in [1.82, 2.24) is 15.3 Å². The van der Waals surface area contributed by atoms with E-state index in [0.717, 1.165) is 11.4 Å². The lowest BCUT2D eigenvalue weighted by Crippen LogP contribution is -2.23. The summed E-state index contributed by atoms with van der Waals surface area (Å²) in [6.45, 7) is 2.20. The molecule has 5 heteroatoms. The van der Waals surface area contributed by atoms with E-state index < -0.39 is 0 Å². The smallest absolute Gasteiger partial charge is 0.251 e. The van der Waals surface area contributed by atoms with Gasteiger partial charge in [-0.1, -0.05) is 6.07 Å². The third-order valence-electron chi connectivity index (χ3n) is 2.54. The molecule has 1 aromatic carbocycles. The minimum atomic E-state index is -0.228. The first-order valence-electron chi connectivity index (χ1n) is 5.75. The fourth-order valence-electron chi connectivity index (χ4n) is 1.61. The lowest BCUT2D eigenvalue weighted by atomic mass is 10.1. The maximum absolute atomic E-state index is 11.9. The molecule has 0 spiro atoms. The van der Waals surface area contributed by atoms with E-state index in [1.807, 2.05) is 19.1 Å². The molecule has 0 fully saturated rings. The zero-order valence-corrected chi connectivity index (χ0v) is 10.4. The number of aryl methyl sites for hydroxylation is 1. The molecule has 0 atom stereocenters. The van der Waals surface area contributed by atoms with Crippen LogP contribution in [-0.4, -0.2) is 15.9 Å². The Bertz CT molecular complexity index is 646. The van der Waals surface area contributed by atoms with Crippen LogP contribution in [-0.2, 0) is 6.54 Å². The maximum Gasteiger partial charge on any atom is 0.251 e. The van der Waals surface area contributed by atoms with Gasteiger partial charge in [0.25, 0.3) is 5.91 Å². The molecule has 2 rings (SSSR count). The standard InChI is InChI=1S/C14H12N4O/c1-10-5-13(18-9-17-10)8-16-14(19)12-4-2-3-11(6-12)7-15/h2-6,9H,8H2,1H3,(H,16,19). The highest BCUT2D eigenvalue weighted by Crippen LogP contribution is 2.04. The van der Waals surface area contributed by atoms with E-state index >= 15 is 0 Å². The molecule has 5 nitrogen and oxygen atoms in total. The normalized spacial score (nSPS) is 9.68. The number of aromatic nitrogens is 2. The molecule has 1 amide bonds. The van der Waals surface area contributed by atoms with E-state index in [4.69, 9.17) is 5.26 Å². The molecule has 2 aromatic rings. The zero-order chi connectivity index (χ0) is 13.7. The Balaban J connectivity index is 2.03. The Morgan fingerprint density at radius 2 is 2.21 bits per heavy atom. The second-order valence-corrected chi connectivity index (χ2v) is 4.03. The summed E-state index contributed by atoms with van der Waals surface area (Å²) < 4.78 is 0. The average molecular weight is 252 g/mol. The number of rotatable bonds is 3. The third kappa shape index (κ3) is 3.36. The van der Waals surface area contributed by atoms with Crippen LogP contribution >= 0.6 is 0 Å². The summed E-state index contributed by atoms with van der Waals surface area (Å²) >= 11 is 0. The molecule has 0 radical (unpaired) electrons. The van der Waals surface area contributed by atoms with Crippen LogP contribution < -0.4 is 5.32 Å². The van der Waals surface area contributed by atoms with Crippen LogP contribution in [0.2, 0.25) is 0 Å². The van der Waals surface area contributed by atoms with Crippen LogP contribution in [0.1, 0.15) is 27.3 Å². The van der Waals surface area contributed by atoms with E-state index in [0.29, 0.717) is 17.7 Å². The van der Waals surface area contributed by atoms with E-state index in [2.05, 4.69) is 15.3 Å². The van der Waals surface area contributed by atoms with Crippen LogP contribution in [0.3, 0.4) is 0 Å². The van der Waals surface area contributed by atoms with Gasteiger partial charge in [-0.2, -0.15) is 5.26 Å². The second kappa shape index (κ2) is 5.74. The number of nitrogens with zero attached hydrogens (tertiary/aromatic N) is 3. The lowest BCUT2D eigenvalue weighted by molar-refractivity contribution is 0.0950. The molecular weight excluding hydrogens is 240 g/mol. The molecular formula is C14H12N4O. The van der Waals surface area contributed by atoms with Gasteiger partial charge in [0.1, 0.15) is 6.33 Å². The van der Waals surface area contributed by atoms with Gasteiger partial charge in [-0.15, -0.1) is 0 Å². The van der Waals surface area contributed by atoms with Gasteiger partial charge in [0.15, 0.2) is 0 Å². The summed E-state index contributed by atoms with van der Waals surface area (Å²) in [5.74, 6) is -0.228. The molecule has 19 heavy (non-hydrogen) atoms. The second-order valence-electron chi connectivity index (χ2n) is 4.03. The van der Waals surface area contributed by atoms with Crippen molar-refractivity contribution in [2.45, 2.75) is 13.5 Å².